The smallest absolute Gasteiger partial charge is 0.264 e. The van der Waals surface area contributed by atoms with Crippen molar-refractivity contribution in [3.63, 3.8) is 0 Å². The van der Waals surface area contributed by atoms with Crippen molar-refractivity contribution in [1.29, 1.82) is 0 Å². The number of benzene rings is 1. The Balaban J connectivity index is 1.47. The number of amides is 2. The van der Waals surface area contributed by atoms with Gasteiger partial charge in [0.1, 0.15) is 0 Å². The zero-order chi connectivity index (χ0) is 16.9. The Hall–Kier alpha value is -1.70. The van der Waals surface area contributed by atoms with Gasteiger partial charge in [-0.15, -0.1) is 11.3 Å². The van der Waals surface area contributed by atoms with Gasteiger partial charge < -0.3 is 10.2 Å². The van der Waals surface area contributed by atoms with Crippen LogP contribution in [0.5, 0.6) is 0 Å². The lowest BCUT2D eigenvalue weighted by Crippen LogP contribution is -2.50. The number of thiophene rings is 1. The monoisotopic (exact) mass is 407 g/mol. The van der Waals surface area contributed by atoms with Crippen LogP contribution in [0.15, 0.2) is 46.3 Å². The van der Waals surface area contributed by atoms with E-state index in [4.69, 9.17) is 0 Å². The van der Waals surface area contributed by atoms with Crippen molar-refractivity contribution in [2.75, 3.05) is 38.0 Å². The molecule has 3 rings (SSSR count). The standard InChI is InChI=1S/C17H18BrN3O2S/c18-13-3-1-4-14(11-13)19-16(22)12-20-6-8-21(9-7-20)17(23)15-5-2-10-24-15/h1-5,10-11H,6-9,12H2,(H,19,22). The predicted molar refractivity (Wildman–Crippen MR) is 99.4 cm³/mol. The summed E-state index contributed by atoms with van der Waals surface area (Å²) in [6.07, 6.45) is 0. The Morgan fingerprint density at radius 2 is 1.92 bits per heavy atom. The van der Waals surface area contributed by atoms with Crippen LogP contribution in [0.2, 0.25) is 0 Å². The average molecular weight is 408 g/mol. The minimum atomic E-state index is -0.0360. The third-order valence-corrected chi connectivity index (χ3v) is 5.22. The lowest BCUT2D eigenvalue weighted by molar-refractivity contribution is -0.117. The first-order valence-electron chi connectivity index (χ1n) is 7.72. The number of nitrogens with zero attached hydrogens (tertiary/aromatic N) is 2. The first-order chi connectivity index (χ1) is 11.6. The molecular formula is C17H18BrN3O2S. The van der Waals surface area contributed by atoms with E-state index in [9.17, 15) is 9.59 Å². The van der Waals surface area contributed by atoms with Gasteiger partial charge >= 0.3 is 0 Å². The lowest BCUT2D eigenvalue weighted by Gasteiger charge is -2.34. The molecule has 2 aromatic rings. The second-order valence-corrected chi connectivity index (χ2v) is 7.47. The van der Waals surface area contributed by atoms with Crippen molar-refractivity contribution in [1.82, 2.24) is 9.80 Å². The quantitative estimate of drug-likeness (QED) is 0.847. The molecule has 1 aromatic carbocycles. The van der Waals surface area contributed by atoms with E-state index in [0.717, 1.165) is 15.0 Å². The number of hydrogen-bond donors (Lipinski definition) is 1. The SMILES string of the molecule is O=C(CN1CCN(C(=O)c2cccs2)CC1)Nc1cccc(Br)c1. The maximum Gasteiger partial charge on any atom is 0.264 e. The summed E-state index contributed by atoms with van der Waals surface area (Å²) < 4.78 is 0.931. The van der Waals surface area contributed by atoms with Crippen LogP contribution in [0.4, 0.5) is 5.69 Å². The third kappa shape index (κ3) is 4.43. The summed E-state index contributed by atoms with van der Waals surface area (Å²) in [6, 6.07) is 11.3. The Kier molecular flexibility index (Phi) is 5.65. The van der Waals surface area contributed by atoms with E-state index in [0.29, 0.717) is 32.7 Å². The maximum absolute atomic E-state index is 12.3. The molecule has 7 heteroatoms. The zero-order valence-electron chi connectivity index (χ0n) is 13.1. The molecule has 5 nitrogen and oxygen atoms in total. The van der Waals surface area contributed by atoms with Crippen molar-refractivity contribution >= 4 is 44.8 Å². The number of carbonyl (C=O) groups excluding carboxylic acids is 2. The van der Waals surface area contributed by atoms with Gasteiger partial charge in [-0.25, -0.2) is 0 Å². The largest absolute Gasteiger partial charge is 0.335 e. The normalized spacial score (nSPS) is 15.3. The van der Waals surface area contributed by atoms with Crippen LogP contribution in [0.25, 0.3) is 0 Å². The van der Waals surface area contributed by atoms with Gasteiger partial charge in [-0.05, 0) is 29.6 Å². The summed E-state index contributed by atoms with van der Waals surface area (Å²) in [5.41, 5.74) is 0.779. The number of carbonyl (C=O) groups is 2. The summed E-state index contributed by atoms with van der Waals surface area (Å²) in [4.78, 5) is 29.1. The van der Waals surface area contributed by atoms with Gasteiger partial charge in [0.05, 0.1) is 11.4 Å². The number of nitrogens with one attached hydrogen (secondary N) is 1. The minimum Gasteiger partial charge on any atom is -0.335 e. The van der Waals surface area contributed by atoms with Crippen molar-refractivity contribution < 1.29 is 9.59 Å². The molecule has 126 valence electrons. The van der Waals surface area contributed by atoms with Crippen molar-refractivity contribution in [3.8, 4) is 0 Å². The Morgan fingerprint density at radius 1 is 1.12 bits per heavy atom. The summed E-state index contributed by atoms with van der Waals surface area (Å²) in [5, 5.41) is 4.81. The summed E-state index contributed by atoms with van der Waals surface area (Å²) in [6.45, 7) is 3.07. The van der Waals surface area contributed by atoms with Crippen LogP contribution in [0.1, 0.15) is 9.67 Å². The lowest BCUT2D eigenvalue weighted by atomic mass is 10.2. The molecule has 2 heterocycles. The molecule has 1 saturated heterocycles. The molecule has 1 aliphatic rings. The number of anilines is 1. The van der Waals surface area contributed by atoms with Gasteiger partial charge in [-0.2, -0.15) is 0 Å². The van der Waals surface area contributed by atoms with E-state index < -0.39 is 0 Å². The highest BCUT2D eigenvalue weighted by atomic mass is 79.9. The summed E-state index contributed by atoms with van der Waals surface area (Å²) >= 11 is 4.85. The van der Waals surface area contributed by atoms with Crippen LogP contribution in [0.3, 0.4) is 0 Å². The Labute approximate surface area is 153 Å². The predicted octanol–water partition coefficient (Wildman–Crippen LogP) is 2.91. The Bertz CT molecular complexity index is 712. The van der Waals surface area contributed by atoms with E-state index >= 15 is 0 Å². The van der Waals surface area contributed by atoms with Gasteiger partial charge in [-0.3, -0.25) is 14.5 Å². The summed E-state index contributed by atoms with van der Waals surface area (Å²) in [7, 11) is 0. The molecule has 0 spiro atoms. The van der Waals surface area contributed by atoms with Crippen LogP contribution in [0, 0.1) is 0 Å². The van der Waals surface area contributed by atoms with Gasteiger partial charge in [0.2, 0.25) is 5.91 Å². The average Bonchev–Trinajstić information content (AvgIpc) is 3.09. The van der Waals surface area contributed by atoms with Crippen LogP contribution < -0.4 is 5.32 Å². The van der Waals surface area contributed by atoms with E-state index in [1.54, 1.807) is 0 Å². The van der Waals surface area contributed by atoms with Crippen LogP contribution in [-0.2, 0) is 4.79 Å². The molecule has 0 saturated carbocycles. The first-order valence-corrected chi connectivity index (χ1v) is 9.39. The van der Waals surface area contributed by atoms with E-state index in [1.807, 2.05) is 46.7 Å². The second-order valence-electron chi connectivity index (χ2n) is 5.60. The van der Waals surface area contributed by atoms with E-state index in [2.05, 4.69) is 26.1 Å². The van der Waals surface area contributed by atoms with Crippen molar-refractivity contribution in [3.05, 3.63) is 51.1 Å². The van der Waals surface area contributed by atoms with E-state index in [1.165, 1.54) is 11.3 Å². The van der Waals surface area contributed by atoms with Crippen molar-refractivity contribution in [2.24, 2.45) is 0 Å². The van der Waals surface area contributed by atoms with E-state index in [-0.39, 0.29) is 11.8 Å². The molecule has 0 aliphatic carbocycles. The molecular weight excluding hydrogens is 390 g/mol. The molecule has 1 fully saturated rings. The first kappa shape index (κ1) is 17.1. The van der Waals surface area contributed by atoms with Gasteiger partial charge in [-0.1, -0.05) is 28.1 Å². The maximum atomic E-state index is 12.3. The van der Waals surface area contributed by atoms with Crippen molar-refractivity contribution in [2.45, 2.75) is 0 Å². The molecule has 24 heavy (non-hydrogen) atoms. The highest BCUT2D eigenvalue weighted by Gasteiger charge is 2.23. The van der Waals surface area contributed by atoms with Crippen LogP contribution >= 0.6 is 27.3 Å². The molecule has 1 N–H and O–H groups in total. The molecule has 0 unspecified atom stereocenters. The fraction of sp³-hybridized carbons (Fsp3) is 0.294. The van der Waals surface area contributed by atoms with Gasteiger partial charge in [0.15, 0.2) is 0 Å². The summed E-state index contributed by atoms with van der Waals surface area (Å²) in [5.74, 6) is 0.0503. The molecule has 1 aliphatic heterocycles. The molecule has 1 aromatic heterocycles. The highest BCUT2D eigenvalue weighted by Crippen LogP contribution is 2.16. The topological polar surface area (TPSA) is 52.7 Å². The fourth-order valence-corrected chi connectivity index (χ4v) is 3.73. The second kappa shape index (κ2) is 7.92. The third-order valence-electron chi connectivity index (χ3n) is 3.87. The van der Waals surface area contributed by atoms with Gasteiger partial charge in [0, 0.05) is 36.3 Å². The number of piperazine rings is 1. The van der Waals surface area contributed by atoms with Gasteiger partial charge in [0.25, 0.3) is 5.91 Å². The van der Waals surface area contributed by atoms with Crippen LogP contribution in [-0.4, -0.2) is 54.3 Å². The molecule has 0 bridgehead atoms. The molecule has 0 radical (unpaired) electrons. The number of rotatable bonds is 4. The molecule has 2 amide bonds. The highest BCUT2D eigenvalue weighted by molar-refractivity contribution is 9.10. The number of hydrogen-bond acceptors (Lipinski definition) is 4. The molecule has 0 atom stereocenters. The number of halogens is 1. The Morgan fingerprint density at radius 3 is 2.58 bits per heavy atom. The minimum absolute atomic E-state index is 0.0360. The fourth-order valence-electron chi connectivity index (χ4n) is 2.64. The zero-order valence-corrected chi connectivity index (χ0v) is 15.5.